The van der Waals surface area contributed by atoms with Crippen molar-refractivity contribution in [2.45, 2.75) is 0 Å². The van der Waals surface area contributed by atoms with Gasteiger partial charge in [0.1, 0.15) is 6.54 Å². The smallest absolute Gasteiger partial charge is 0.317 e. The number of urea groups is 1. The lowest BCUT2D eigenvalue weighted by Crippen LogP contribution is -2.40. The van der Waals surface area contributed by atoms with Crippen LogP contribution in [0.4, 0.5) is 4.79 Å². The predicted octanol–water partition coefficient (Wildman–Crippen LogP) is -1.26. The van der Waals surface area contributed by atoms with Gasteiger partial charge in [0.2, 0.25) is 5.91 Å². The molecule has 0 aliphatic heterocycles. The molecule has 0 saturated heterocycles. The van der Waals surface area contributed by atoms with Gasteiger partial charge >= 0.3 is 6.03 Å². The SMILES string of the molecule is CNC(=O)N(C)CC(N)=O. The molecule has 0 aromatic carbocycles. The van der Waals surface area contributed by atoms with Crippen molar-refractivity contribution in [3.63, 3.8) is 0 Å². The van der Waals surface area contributed by atoms with Gasteiger partial charge in [-0.2, -0.15) is 0 Å². The lowest BCUT2D eigenvalue weighted by Gasteiger charge is -2.13. The Balaban J connectivity index is 3.72. The van der Waals surface area contributed by atoms with Gasteiger partial charge in [-0.05, 0) is 0 Å². The van der Waals surface area contributed by atoms with E-state index in [0.717, 1.165) is 0 Å². The van der Waals surface area contributed by atoms with Crippen molar-refractivity contribution >= 4 is 11.9 Å². The van der Waals surface area contributed by atoms with Crippen LogP contribution in [0, 0.1) is 0 Å². The first-order valence-corrected chi connectivity index (χ1v) is 2.79. The van der Waals surface area contributed by atoms with Gasteiger partial charge in [-0.15, -0.1) is 0 Å². The van der Waals surface area contributed by atoms with Crippen LogP contribution in [0.15, 0.2) is 0 Å². The fraction of sp³-hybridized carbons (Fsp3) is 0.600. The number of rotatable bonds is 2. The van der Waals surface area contributed by atoms with Crippen molar-refractivity contribution in [3.8, 4) is 0 Å². The highest BCUT2D eigenvalue weighted by atomic mass is 16.2. The summed E-state index contributed by atoms with van der Waals surface area (Å²) in [6, 6.07) is -0.321. The molecule has 0 aromatic heterocycles. The summed E-state index contributed by atoms with van der Waals surface area (Å²) in [4.78, 5) is 22.1. The number of amides is 3. The zero-order valence-electron chi connectivity index (χ0n) is 6.05. The molecule has 0 aromatic rings. The van der Waals surface area contributed by atoms with Crippen molar-refractivity contribution in [2.75, 3.05) is 20.6 Å². The largest absolute Gasteiger partial charge is 0.368 e. The highest BCUT2D eigenvalue weighted by molar-refractivity contribution is 5.82. The third-order valence-electron chi connectivity index (χ3n) is 0.954. The molecule has 0 radical (unpaired) electrons. The summed E-state index contributed by atoms with van der Waals surface area (Å²) in [6.45, 7) is -0.0559. The van der Waals surface area contributed by atoms with Gasteiger partial charge in [0.05, 0.1) is 0 Å². The van der Waals surface area contributed by atoms with Gasteiger partial charge in [0, 0.05) is 14.1 Å². The Morgan fingerprint density at radius 2 is 2.10 bits per heavy atom. The van der Waals surface area contributed by atoms with E-state index >= 15 is 0 Å². The maximum absolute atomic E-state index is 10.7. The molecule has 0 aliphatic rings. The van der Waals surface area contributed by atoms with E-state index in [2.05, 4.69) is 5.32 Å². The van der Waals surface area contributed by atoms with Crippen LogP contribution in [0.25, 0.3) is 0 Å². The number of nitrogens with one attached hydrogen (secondary N) is 1. The number of hydrogen-bond donors (Lipinski definition) is 2. The van der Waals surface area contributed by atoms with Crippen molar-refractivity contribution < 1.29 is 9.59 Å². The van der Waals surface area contributed by atoms with Gasteiger partial charge in [-0.25, -0.2) is 4.79 Å². The first-order valence-electron chi connectivity index (χ1n) is 2.79. The van der Waals surface area contributed by atoms with E-state index in [-0.39, 0.29) is 12.6 Å². The van der Waals surface area contributed by atoms with Crippen LogP contribution in [0.1, 0.15) is 0 Å². The van der Waals surface area contributed by atoms with Crippen LogP contribution >= 0.6 is 0 Å². The first-order chi connectivity index (χ1) is 4.57. The van der Waals surface area contributed by atoms with Gasteiger partial charge in [0.15, 0.2) is 0 Å². The normalized spacial score (nSPS) is 8.60. The summed E-state index contributed by atoms with van der Waals surface area (Å²) in [5.41, 5.74) is 4.83. The molecule has 3 N–H and O–H groups in total. The van der Waals surface area contributed by atoms with Gasteiger partial charge in [0.25, 0.3) is 0 Å². The molecular weight excluding hydrogens is 134 g/mol. The van der Waals surface area contributed by atoms with Crippen LogP contribution < -0.4 is 11.1 Å². The topological polar surface area (TPSA) is 75.4 Å². The zero-order chi connectivity index (χ0) is 8.15. The maximum Gasteiger partial charge on any atom is 0.317 e. The van der Waals surface area contributed by atoms with Crippen molar-refractivity contribution in [1.82, 2.24) is 10.2 Å². The Labute approximate surface area is 59.2 Å². The second-order valence-corrected chi connectivity index (χ2v) is 1.88. The molecule has 0 bridgehead atoms. The van der Waals surface area contributed by atoms with Crippen LogP contribution in [-0.4, -0.2) is 37.5 Å². The summed E-state index contributed by atoms with van der Waals surface area (Å²) in [5.74, 6) is -0.522. The molecule has 58 valence electrons. The Morgan fingerprint density at radius 1 is 1.60 bits per heavy atom. The van der Waals surface area contributed by atoms with E-state index in [1.807, 2.05) is 0 Å². The van der Waals surface area contributed by atoms with Crippen LogP contribution in [0.3, 0.4) is 0 Å². The maximum atomic E-state index is 10.7. The highest BCUT2D eigenvalue weighted by Gasteiger charge is 2.06. The molecule has 5 heteroatoms. The Kier molecular flexibility index (Phi) is 3.24. The van der Waals surface area contributed by atoms with E-state index in [0.29, 0.717) is 0 Å². The monoisotopic (exact) mass is 145 g/mol. The molecule has 0 unspecified atom stereocenters. The summed E-state index contributed by atoms with van der Waals surface area (Å²) < 4.78 is 0. The van der Waals surface area contributed by atoms with Crippen molar-refractivity contribution in [3.05, 3.63) is 0 Å². The van der Waals surface area contributed by atoms with Gasteiger partial charge in [-0.1, -0.05) is 0 Å². The molecular formula is C5H11N3O2. The van der Waals surface area contributed by atoms with E-state index < -0.39 is 5.91 Å². The molecule has 0 rings (SSSR count). The molecule has 5 nitrogen and oxygen atoms in total. The molecule has 0 saturated carbocycles. The van der Waals surface area contributed by atoms with Crippen LogP contribution in [-0.2, 0) is 4.79 Å². The fourth-order valence-corrected chi connectivity index (χ4v) is 0.496. The lowest BCUT2D eigenvalue weighted by atomic mass is 10.5. The molecule has 0 fully saturated rings. The average molecular weight is 145 g/mol. The summed E-state index contributed by atoms with van der Waals surface area (Å²) in [6.07, 6.45) is 0. The summed E-state index contributed by atoms with van der Waals surface area (Å²) in [5, 5.41) is 2.35. The minimum Gasteiger partial charge on any atom is -0.368 e. The molecule has 0 atom stereocenters. The molecule has 0 aliphatic carbocycles. The number of carbonyl (C=O) groups excluding carboxylic acids is 2. The fourth-order valence-electron chi connectivity index (χ4n) is 0.496. The van der Waals surface area contributed by atoms with E-state index in [1.165, 1.54) is 19.0 Å². The van der Waals surface area contributed by atoms with Gasteiger partial charge < -0.3 is 16.0 Å². The van der Waals surface area contributed by atoms with E-state index in [9.17, 15) is 9.59 Å². The lowest BCUT2D eigenvalue weighted by molar-refractivity contribution is -0.118. The molecule has 0 spiro atoms. The Bertz CT molecular complexity index is 146. The second-order valence-electron chi connectivity index (χ2n) is 1.88. The van der Waals surface area contributed by atoms with Crippen LogP contribution in [0.2, 0.25) is 0 Å². The van der Waals surface area contributed by atoms with E-state index in [1.54, 1.807) is 0 Å². The minimum atomic E-state index is -0.522. The molecule has 10 heavy (non-hydrogen) atoms. The quantitative estimate of drug-likeness (QED) is 0.509. The Morgan fingerprint density at radius 3 is 2.40 bits per heavy atom. The standard InChI is InChI=1S/C5H11N3O2/c1-7-5(10)8(2)3-4(6)9/h3H2,1-2H3,(H2,6,9)(H,7,10). The first kappa shape index (κ1) is 8.74. The van der Waals surface area contributed by atoms with Crippen molar-refractivity contribution in [2.24, 2.45) is 5.73 Å². The number of nitrogens with zero attached hydrogens (tertiary/aromatic N) is 1. The van der Waals surface area contributed by atoms with Crippen LogP contribution in [0.5, 0.6) is 0 Å². The molecule has 0 heterocycles. The van der Waals surface area contributed by atoms with E-state index in [4.69, 9.17) is 5.73 Å². The third-order valence-corrected chi connectivity index (χ3v) is 0.954. The number of hydrogen-bond acceptors (Lipinski definition) is 2. The third kappa shape index (κ3) is 2.91. The minimum absolute atomic E-state index is 0.0559. The average Bonchev–Trinajstić information content (AvgIpc) is 1.85. The predicted molar refractivity (Wildman–Crippen MR) is 36.3 cm³/mol. The second kappa shape index (κ2) is 3.71. The summed E-state index contributed by atoms with van der Waals surface area (Å²) in [7, 11) is 2.98. The summed E-state index contributed by atoms with van der Waals surface area (Å²) >= 11 is 0. The number of nitrogens with two attached hydrogens (primary N) is 1. The number of primary amides is 1. The van der Waals surface area contributed by atoms with Crippen molar-refractivity contribution in [1.29, 1.82) is 0 Å². The Hall–Kier alpha value is -1.26. The van der Waals surface area contributed by atoms with Gasteiger partial charge in [-0.3, -0.25) is 4.79 Å². The number of carbonyl (C=O) groups is 2. The zero-order valence-corrected chi connectivity index (χ0v) is 6.05. The number of likely N-dealkylation sites (N-methyl/N-ethyl adjacent to an activating group) is 1. The highest BCUT2D eigenvalue weighted by Crippen LogP contribution is 1.80. The molecule has 3 amide bonds.